The number of carbonyl (C=O) groups is 1. The quantitative estimate of drug-likeness (QED) is 0.414. The molecule has 0 aromatic heterocycles. The lowest BCUT2D eigenvalue weighted by atomic mass is 9.90. The van der Waals surface area contributed by atoms with Crippen LogP contribution in [0.25, 0.3) is 11.1 Å². The molecule has 2 heteroatoms. The monoisotopic (exact) mass is 415 g/mol. The maximum Gasteiger partial charge on any atom is 0.251 e. The van der Waals surface area contributed by atoms with Gasteiger partial charge < -0.3 is 5.32 Å². The molecule has 32 heavy (non-hydrogen) atoms. The fourth-order valence-electron chi connectivity index (χ4n) is 4.58. The zero-order valence-electron chi connectivity index (χ0n) is 18.4. The molecule has 0 radical (unpaired) electrons. The van der Waals surface area contributed by atoms with Crippen LogP contribution in [0.15, 0.2) is 78.9 Å². The van der Waals surface area contributed by atoms with Crippen molar-refractivity contribution in [1.82, 2.24) is 5.32 Å². The summed E-state index contributed by atoms with van der Waals surface area (Å²) in [6, 6.07) is 33.5. The molecule has 0 heterocycles. The molecule has 0 aliphatic heterocycles. The Morgan fingerprint density at radius 1 is 0.875 bits per heavy atom. The fourth-order valence-corrected chi connectivity index (χ4v) is 4.58. The zero-order valence-corrected chi connectivity index (χ0v) is 18.4. The zero-order chi connectivity index (χ0) is 22.1. The molecule has 4 aromatic carbocycles. The summed E-state index contributed by atoms with van der Waals surface area (Å²) in [5.41, 5.74) is 10.3. The molecule has 1 amide bonds. The third-order valence-corrected chi connectivity index (χ3v) is 6.26. The van der Waals surface area contributed by atoms with Crippen molar-refractivity contribution in [1.29, 1.82) is 0 Å². The summed E-state index contributed by atoms with van der Waals surface area (Å²) in [5, 5.41) is 3.05. The van der Waals surface area contributed by atoms with Gasteiger partial charge in [-0.05, 0) is 72.4 Å². The van der Waals surface area contributed by atoms with Crippen LogP contribution in [-0.4, -0.2) is 5.91 Å². The second kappa shape index (κ2) is 8.36. The highest BCUT2D eigenvalue weighted by molar-refractivity contribution is 5.96. The molecular weight excluding hydrogens is 390 g/mol. The minimum absolute atomic E-state index is 0.0523. The van der Waals surface area contributed by atoms with E-state index in [1.807, 2.05) is 18.2 Å². The van der Waals surface area contributed by atoms with Crippen LogP contribution >= 0.6 is 0 Å². The molecule has 1 atom stereocenters. The van der Waals surface area contributed by atoms with Crippen molar-refractivity contribution in [2.45, 2.75) is 32.7 Å². The van der Waals surface area contributed by atoms with E-state index in [1.54, 1.807) is 0 Å². The number of fused-ring (bicyclic) bond motifs is 3. The Hall–Kier alpha value is -3.83. The molecule has 1 N–H and O–H groups in total. The predicted molar refractivity (Wildman–Crippen MR) is 129 cm³/mol. The summed E-state index contributed by atoms with van der Waals surface area (Å²) in [6.45, 7) is 4.71. The standard InChI is InChI=1S/C30H25NO/c1-20-10-12-22(13-11-20)19-31-30(32)24-14-15-27-28(17-23-7-5-6-21(2)16-23)25-8-3-4-9-26(25)29(27)18-24/h4-7,9-16,18,28H,17,19H2,1-2H3,(H,31,32). The van der Waals surface area contributed by atoms with Crippen LogP contribution in [0.4, 0.5) is 0 Å². The Kier molecular flexibility index (Phi) is 5.25. The second-order valence-electron chi connectivity index (χ2n) is 8.65. The number of nitrogens with one attached hydrogen (secondary N) is 1. The molecule has 0 saturated heterocycles. The molecule has 0 bridgehead atoms. The molecule has 0 fully saturated rings. The van der Waals surface area contributed by atoms with Crippen LogP contribution in [-0.2, 0) is 13.0 Å². The molecule has 2 nitrogen and oxygen atoms in total. The summed E-state index contributed by atoms with van der Waals surface area (Å²) < 4.78 is 0. The molecule has 0 spiro atoms. The number of hydrogen-bond donors (Lipinski definition) is 1. The van der Waals surface area contributed by atoms with E-state index in [0.717, 1.165) is 23.1 Å². The van der Waals surface area contributed by atoms with E-state index in [9.17, 15) is 4.79 Å². The van der Waals surface area contributed by atoms with E-state index in [1.165, 1.54) is 27.8 Å². The Morgan fingerprint density at radius 3 is 2.53 bits per heavy atom. The molecule has 4 aromatic rings. The molecular formula is C30H25NO. The van der Waals surface area contributed by atoms with E-state index in [-0.39, 0.29) is 11.8 Å². The minimum Gasteiger partial charge on any atom is -0.348 e. The minimum atomic E-state index is -0.0523. The number of benzene rings is 3. The van der Waals surface area contributed by atoms with Crippen LogP contribution in [0.5, 0.6) is 0 Å². The first-order valence-corrected chi connectivity index (χ1v) is 11.0. The van der Waals surface area contributed by atoms with Crippen molar-refractivity contribution in [2.24, 2.45) is 0 Å². The smallest absolute Gasteiger partial charge is 0.251 e. The average molecular weight is 416 g/mol. The summed E-state index contributed by atoms with van der Waals surface area (Å²) >= 11 is 0. The van der Waals surface area contributed by atoms with Crippen LogP contribution in [0, 0.1) is 26.0 Å². The molecule has 1 aliphatic carbocycles. The highest BCUT2D eigenvalue weighted by Gasteiger charge is 2.29. The number of hydrogen-bond acceptors (Lipinski definition) is 1. The highest BCUT2D eigenvalue weighted by atomic mass is 16.1. The van der Waals surface area contributed by atoms with Gasteiger partial charge in [-0.1, -0.05) is 77.9 Å². The van der Waals surface area contributed by atoms with Crippen molar-refractivity contribution < 1.29 is 4.79 Å². The van der Waals surface area contributed by atoms with Crippen LogP contribution in [0.1, 0.15) is 49.7 Å². The van der Waals surface area contributed by atoms with Crippen molar-refractivity contribution in [3.8, 4) is 11.1 Å². The second-order valence-corrected chi connectivity index (χ2v) is 8.65. The van der Waals surface area contributed by atoms with Crippen molar-refractivity contribution >= 4 is 5.91 Å². The first-order valence-electron chi connectivity index (χ1n) is 11.0. The lowest BCUT2D eigenvalue weighted by molar-refractivity contribution is 0.0951. The number of carbonyl (C=O) groups excluding carboxylic acids is 1. The third kappa shape index (κ3) is 3.90. The Balaban J connectivity index is 1.42. The van der Waals surface area contributed by atoms with E-state index < -0.39 is 0 Å². The first kappa shape index (κ1) is 20.1. The molecule has 156 valence electrons. The van der Waals surface area contributed by atoms with Gasteiger partial charge in [-0.3, -0.25) is 4.79 Å². The Labute approximate surface area is 189 Å². The highest BCUT2D eigenvalue weighted by Crippen LogP contribution is 2.45. The SMILES string of the molecule is Cc1ccc(CNC(=O)c2ccc3c(c2)-c2ccc#cc2C3Cc2cccc(C)c2)cc1. The fraction of sp³-hybridized carbons (Fsp3) is 0.167. The van der Waals surface area contributed by atoms with E-state index in [2.05, 4.69) is 92.0 Å². The molecule has 1 aliphatic rings. The Morgan fingerprint density at radius 2 is 1.72 bits per heavy atom. The van der Waals surface area contributed by atoms with E-state index in [0.29, 0.717) is 12.1 Å². The lowest BCUT2D eigenvalue weighted by Crippen LogP contribution is -2.22. The van der Waals surface area contributed by atoms with Crippen LogP contribution in [0.3, 0.4) is 0 Å². The van der Waals surface area contributed by atoms with Gasteiger partial charge >= 0.3 is 0 Å². The maximum atomic E-state index is 12.9. The van der Waals surface area contributed by atoms with Crippen LogP contribution in [0.2, 0.25) is 0 Å². The summed E-state index contributed by atoms with van der Waals surface area (Å²) in [7, 11) is 0. The van der Waals surface area contributed by atoms with Gasteiger partial charge in [-0.15, -0.1) is 0 Å². The van der Waals surface area contributed by atoms with Crippen molar-refractivity contribution in [3.63, 3.8) is 0 Å². The van der Waals surface area contributed by atoms with Crippen LogP contribution < -0.4 is 5.32 Å². The largest absolute Gasteiger partial charge is 0.348 e. The number of rotatable bonds is 5. The van der Waals surface area contributed by atoms with Gasteiger partial charge in [0.25, 0.3) is 5.91 Å². The predicted octanol–water partition coefficient (Wildman–Crippen LogP) is 6.19. The number of aryl methyl sites for hydroxylation is 2. The normalized spacial score (nSPS) is 13.8. The van der Waals surface area contributed by atoms with Gasteiger partial charge in [0.15, 0.2) is 0 Å². The summed E-state index contributed by atoms with van der Waals surface area (Å²) in [6.07, 6.45) is 0.912. The summed E-state index contributed by atoms with van der Waals surface area (Å²) in [4.78, 5) is 12.9. The maximum absolute atomic E-state index is 12.9. The third-order valence-electron chi connectivity index (χ3n) is 6.26. The van der Waals surface area contributed by atoms with Gasteiger partial charge in [-0.25, -0.2) is 0 Å². The van der Waals surface area contributed by atoms with Crippen molar-refractivity contribution in [2.75, 3.05) is 0 Å². The van der Waals surface area contributed by atoms with E-state index >= 15 is 0 Å². The van der Waals surface area contributed by atoms with Crippen molar-refractivity contribution in [3.05, 3.63) is 130 Å². The van der Waals surface area contributed by atoms with E-state index in [4.69, 9.17) is 0 Å². The molecule has 5 rings (SSSR count). The average Bonchev–Trinajstić information content (AvgIpc) is 3.11. The first-order chi connectivity index (χ1) is 15.6. The Bertz CT molecular complexity index is 1290. The molecule has 0 saturated carbocycles. The van der Waals surface area contributed by atoms with Gasteiger partial charge in [0, 0.05) is 23.6 Å². The summed E-state index contributed by atoms with van der Waals surface area (Å²) in [5.74, 6) is 0.174. The molecule has 1 unspecified atom stereocenters. The number of amides is 1. The van der Waals surface area contributed by atoms with Gasteiger partial charge in [-0.2, -0.15) is 0 Å². The lowest BCUT2D eigenvalue weighted by Gasteiger charge is -2.14. The van der Waals surface area contributed by atoms with Gasteiger partial charge in [0.05, 0.1) is 0 Å². The van der Waals surface area contributed by atoms with Gasteiger partial charge in [0.2, 0.25) is 0 Å². The van der Waals surface area contributed by atoms with Gasteiger partial charge in [0.1, 0.15) is 0 Å². The topological polar surface area (TPSA) is 29.1 Å².